The zero-order chi connectivity index (χ0) is 22.7. The minimum atomic E-state index is -0.760. The Balaban J connectivity index is 2.08. The van der Waals surface area contributed by atoms with E-state index < -0.39 is 23.5 Å². The summed E-state index contributed by atoms with van der Waals surface area (Å²) in [6.45, 7) is 8.43. The molecule has 1 N–H and O–H groups in total. The summed E-state index contributed by atoms with van der Waals surface area (Å²) in [4.78, 5) is 27.2. The van der Waals surface area contributed by atoms with Crippen LogP contribution in [-0.2, 0) is 14.3 Å². The van der Waals surface area contributed by atoms with Gasteiger partial charge in [0, 0.05) is 12.1 Å². The highest BCUT2D eigenvalue weighted by atomic mass is 19.1. The molecule has 1 unspecified atom stereocenters. The molecule has 0 saturated carbocycles. The van der Waals surface area contributed by atoms with Gasteiger partial charge >= 0.3 is 0 Å². The number of benzene rings is 2. The zero-order valence-electron chi connectivity index (χ0n) is 18.3. The lowest BCUT2D eigenvalue weighted by molar-refractivity contribution is -0.140. The Hall–Kier alpha value is -2.99. The molecule has 2 aromatic carbocycles. The van der Waals surface area contributed by atoms with Crippen molar-refractivity contribution in [3.05, 3.63) is 76.6 Å². The van der Waals surface area contributed by atoms with Crippen molar-refractivity contribution in [2.24, 2.45) is 0 Å². The maximum Gasteiger partial charge on any atom is 0.295 e. The molecule has 1 atom stereocenters. The summed E-state index contributed by atoms with van der Waals surface area (Å²) in [6.07, 6.45) is -0.0141. The van der Waals surface area contributed by atoms with Gasteiger partial charge in [0.2, 0.25) is 0 Å². The van der Waals surface area contributed by atoms with Gasteiger partial charge in [-0.05, 0) is 55.2 Å². The van der Waals surface area contributed by atoms with Crippen molar-refractivity contribution in [1.29, 1.82) is 0 Å². The van der Waals surface area contributed by atoms with Gasteiger partial charge in [-0.3, -0.25) is 9.59 Å². The highest BCUT2D eigenvalue weighted by molar-refractivity contribution is 6.46. The minimum Gasteiger partial charge on any atom is -0.507 e. The first kappa shape index (κ1) is 22.7. The van der Waals surface area contributed by atoms with Gasteiger partial charge in [-0.15, -0.1) is 0 Å². The summed E-state index contributed by atoms with van der Waals surface area (Å²) in [7, 11) is 0. The Morgan fingerprint density at radius 1 is 1.03 bits per heavy atom. The molecule has 0 radical (unpaired) electrons. The topological polar surface area (TPSA) is 66.8 Å². The summed E-state index contributed by atoms with van der Waals surface area (Å²) in [6, 6.07) is 12.1. The van der Waals surface area contributed by atoms with Crippen LogP contribution in [0, 0.1) is 5.82 Å². The highest BCUT2D eigenvalue weighted by Crippen LogP contribution is 2.39. The minimum absolute atomic E-state index is 0.00143. The average Bonchev–Trinajstić information content (AvgIpc) is 2.98. The predicted octanol–water partition coefficient (Wildman–Crippen LogP) is 4.80. The van der Waals surface area contributed by atoms with Crippen molar-refractivity contribution in [2.75, 3.05) is 13.2 Å². The molecule has 2 aromatic rings. The summed E-state index contributed by atoms with van der Waals surface area (Å²) < 4.78 is 18.9. The number of aliphatic hydroxyl groups excluding tert-OH is 1. The molecule has 1 fully saturated rings. The van der Waals surface area contributed by atoms with E-state index in [0.717, 1.165) is 11.1 Å². The van der Waals surface area contributed by atoms with Gasteiger partial charge in [0.05, 0.1) is 24.3 Å². The van der Waals surface area contributed by atoms with Crippen molar-refractivity contribution >= 4 is 17.4 Å². The molecule has 0 bridgehead atoms. The number of hydrogen-bond donors (Lipinski definition) is 1. The van der Waals surface area contributed by atoms with E-state index in [2.05, 4.69) is 13.8 Å². The smallest absolute Gasteiger partial charge is 0.295 e. The molecule has 0 spiro atoms. The van der Waals surface area contributed by atoms with Crippen molar-refractivity contribution < 1.29 is 23.8 Å². The Kier molecular flexibility index (Phi) is 6.91. The summed E-state index contributed by atoms with van der Waals surface area (Å²) in [5.41, 5.74) is 2.12. The second kappa shape index (κ2) is 9.43. The molecule has 1 amide bonds. The highest BCUT2D eigenvalue weighted by Gasteiger charge is 2.45. The van der Waals surface area contributed by atoms with E-state index in [4.69, 9.17) is 4.74 Å². The Bertz CT molecular complexity index is 978. The molecule has 0 aliphatic carbocycles. The van der Waals surface area contributed by atoms with Crippen LogP contribution in [0.4, 0.5) is 4.39 Å². The van der Waals surface area contributed by atoms with Gasteiger partial charge in [0.1, 0.15) is 11.6 Å². The normalized spacial score (nSPS) is 18.4. The SMILES string of the molecule is CC(C)OCCN1C(=O)C(=O)/C(=C(\O)c2ccc(F)cc2)C1c1ccc(C(C)C)cc1. The van der Waals surface area contributed by atoms with Crippen LogP contribution in [0.5, 0.6) is 0 Å². The van der Waals surface area contributed by atoms with Crippen molar-refractivity contribution in [3.8, 4) is 0 Å². The lowest BCUT2D eigenvalue weighted by Gasteiger charge is -2.26. The van der Waals surface area contributed by atoms with Gasteiger partial charge in [0.15, 0.2) is 0 Å². The summed E-state index contributed by atoms with van der Waals surface area (Å²) >= 11 is 0. The lowest BCUT2D eigenvalue weighted by Crippen LogP contribution is -2.33. The predicted molar refractivity (Wildman–Crippen MR) is 117 cm³/mol. The third kappa shape index (κ3) is 4.85. The molecule has 164 valence electrons. The standard InChI is InChI=1S/C25H28FNO4/c1-15(2)17-5-7-18(8-6-17)22-21(23(28)19-9-11-20(26)12-10-19)24(29)25(30)27(22)13-14-31-16(3)4/h5-12,15-16,22,28H,13-14H2,1-4H3/b23-21-. The number of ketones is 1. The molecule has 5 nitrogen and oxygen atoms in total. The quantitative estimate of drug-likeness (QED) is 0.393. The molecule has 31 heavy (non-hydrogen) atoms. The van der Waals surface area contributed by atoms with E-state index in [0.29, 0.717) is 5.92 Å². The van der Waals surface area contributed by atoms with Crippen LogP contribution >= 0.6 is 0 Å². The number of hydrogen-bond acceptors (Lipinski definition) is 4. The van der Waals surface area contributed by atoms with Crippen LogP contribution in [0.25, 0.3) is 5.76 Å². The van der Waals surface area contributed by atoms with Crippen LogP contribution in [0.2, 0.25) is 0 Å². The average molecular weight is 426 g/mol. The molecular weight excluding hydrogens is 397 g/mol. The number of aliphatic hydroxyl groups is 1. The number of carbonyl (C=O) groups excluding carboxylic acids is 2. The Labute approximate surface area is 182 Å². The molecule has 3 rings (SSSR count). The molecule has 1 aliphatic rings. The van der Waals surface area contributed by atoms with E-state index in [1.165, 1.54) is 29.2 Å². The molecule has 1 heterocycles. The number of Topliss-reactive ketones (excluding diaryl/α,β-unsaturated/α-hetero) is 1. The third-order valence-electron chi connectivity index (χ3n) is 5.36. The van der Waals surface area contributed by atoms with Crippen LogP contribution in [0.3, 0.4) is 0 Å². The Morgan fingerprint density at radius 2 is 1.65 bits per heavy atom. The van der Waals surface area contributed by atoms with E-state index in [1.54, 1.807) is 0 Å². The fourth-order valence-corrected chi connectivity index (χ4v) is 3.67. The van der Waals surface area contributed by atoms with E-state index in [1.807, 2.05) is 38.1 Å². The molecular formula is C25H28FNO4. The van der Waals surface area contributed by atoms with Gasteiger partial charge in [-0.1, -0.05) is 38.1 Å². The van der Waals surface area contributed by atoms with Gasteiger partial charge in [-0.2, -0.15) is 0 Å². The zero-order valence-corrected chi connectivity index (χ0v) is 18.3. The fourth-order valence-electron chi connectivity index (χ4n) is 3.67. The number of nitrogens with zero attached hydrogens (tertiary/aromatic N) is 1. The Morgan fingerprint density at radius 3 is 2.19 bits per heavy atom. The number of halogens is 1. The van der Waals surface area contributed by atoms with E-state index in [-0.39, 0.29) is 36.2 Å². The van der Waals surface area contributed by atoms with Crippen LogP contribution in [-0.4, -0.2) is 41.0 Å². The second-order valence-electron chi connectivity index (χ2n) is 8.24. The monoisotopic (exact) mass is 425 g/mol. The van der Waals surface area contributed by atoms with E-state index >= 15 is 0 Å². The largest absolute Gasteiger partial charge is 0.507 e. The van der Waals surface area contributed by atoms with Gasteiger partial charge in [-0.25, -0.2) is 4.39 Å². The fraction of sp³-hybridized carbons (Fsp3) is 0.360. The number of likely N-dealkylation sites (tertiary alicyclic amines) is 1. The van der Waals surface area contributed by atoms with Gasteiger partial charge < -0.3 is 14.7 Å². The van der Waals surface area contributed by atoms with Crippen LogP contribution in [0.15, 0.2) is 54.1 Å². The number of carbonyl (C=O) groups is 2. The van der Waals surface area contributed by atoms with Crippen molar-refractivity contribution in [1.82, 2.24) is 4.90 Å². The summed E-state index contributed by atoms with van der Waals surface area (Å²) in [5.74, 6) is -1.88. The molecule has 6 heteroatoms. The maximum absolute atomic E-state index is 13.3. The van der Waals surface area contributed by atoms with E-state index in [9.17, 15) is 19.1 Å². The van der Waals surface area contributed by atoms with Gasteiger partial charge in [0.25, 0.3) is 11.7 Å². The molecule has 0 aromatic heterocycles. The third-order valence-corrected chi connectivity index (χ3v) is 5.36. The lowest BCUT2D eigenvalue weighted by atomic mass is 9.93. The first-order valence-corrected chi connectivity index (χ1v) is 10.5. The first-order chi connectivity index (χ1) is 14.7. The van der Waals surface area contributed by atoms with Crippen LogP contribution in [0.1, 0.15) is 56.3 Å². The molecule has 1 saturated heterocycles. The van der Waals surface area contributed by atoms with Crippen LogP contribution < -0.4 is 0 Å². The number of rotatable bonds is 7. The van der Waals surface area contributed by atoms with Crippen molar-refractivity contribution in [3.63, 3.8) is 0 Å². The second-order valence-corrected chi connectivity index (χ2v) is 8.24. The van der Waals surface area contributed by atoms with Crippen molar-refractivity contribution in [2.45, 2.75) is 45.8 Å². The first-order valence-electron chi connectivity index (χ1n) is 10.5. The number of amides is 1. The molecule has 1 aliphatic heterocycles. The maximum atomic E-state index is 13.3. The number of ether oxygens (including phenoxy) is 1. The summed E-state index contributed by atoms with van der Waals surface area (Å²) in [5, 5.41) is 10.9.